The summed E-state index contributed by atoms with van der Waals surface area (Å²) < 4.78 is 40.3. The van der Waals surface area contributed by atoms with Crippen LogP contribution < -0.4 is 11.5 Å². The molecule has 0 aliphatic carbocycles. The number of rotatable bonds is 11. The number of aliphatic hydroxyl groups excluding tert-OH is 1. The van der Waals surface area contributed by atoms with Gasteiger partial charge in [-0.15, -0.1) is 0 Å². The Morgan fingerprint density at radius 3 is 2.44 bits per heavy atom. The van der Waals surface area contributed by atoms with E-state index in [1.165, 1.54) is 0 Å². The van der Waals surface area contributed by atoms with E-state index in [0.717, 1.165) is 18.7 Å². The molecule has 9 heteroatoms. The molecule has 7 nitrogen and oxygen atoms in total. The Hall–Kier alpha value is -2.00. The van der Waals surface area contributed by atoms with E-state index >= 15 is 0 Å². The number of hydrogen-bond acceptors (Lipinski definition) is 4. The molecule has 0 bridgehead atoms. The van der Waals surface area contributed by atoms with Crippen molar-refractivity contribution in [3.05, 3.63) is 42.3 Å². The number of nitrogens with two attached hydrogens (primary N) is 2. The minimum absolute atomic E-state index is 0.0109. The Balaban J connectivity index is 2.80. The van der Waals surface area contributed by atoms with E-state index in [4.69, 9.17) is 11.5 Å². The predicted molar refractivity (Wildman–Crippen MR) is 103 cm³/mol. The van der Waals surface area contributed by atoms with E-state index < -0.39 is 33.6 Å². The molecular weight excluding hydrogens is 373 g/mol. The summed E-state index contributed by atoms with van der Waals surface area (Å²) in [5.74, 6) is -2.07. The second kappa shape index (κ2) is 9.80. The number of alkyl halides is 1. The van der Waals surface area contributed by atoms with Crippen LogP contribution in [0, 0.1) is 12.3 Å². The predicted octanol–water partition coefficient (Wildman–Crippen LogP) is 1.11. The van der Waals surface area contributed by atoms with Crippen LogP contribution in [0.5, 0.6) is 0 Å². The first-order valence-electron chi connectivity index (χ1n) is 8.50. The van der Waals surface area contributed by atoms with Gasteiger partial charge in [-0.25, -0.2) is 12.8 Å². The van der Waals surface area contributed by atoms with Crippen molar-refractivity contribution in [1.29, 1.82) is 0 Å². The van der Waals surface area contributed by atoms with Gasteiger partial charge in [-0.2, -0.15) is 4.40 Å². The number of primary amides is 1. The zero-order valence-electron chi connectivity index (χ0n) is 15.5. The Morgan fingerprint density at radius 2 is 1.93 bits per heavy atom. The Kier molecular flexibility index (Phi) is 8.36. The summed E-state index contributed by atoms with van der Waals surface area (Å²) in [5, 5.41) is 10.3. The molecule has 3 unspecified atom stereocenters. The summed E-state index contributed by atoms with van der Waals surface area (Å²) in [6.07, 6.45) is 1.92. The van der Waals surface area contributed by atoms with Crippen LogP contribution in [-0.4, -0.2) is 43.3 Å². The summed E-state index contributed by atoms with van der Waals surface area (Å²) >= 11 is 0. The van der Waals surface area contributed by atoms with Gasteiger partial charge in [0.25, 0.3) is 15.9 Å². The van der Waals surface area contributed by atoms with Gasteiger partial charge in [-0.05, 0) is 44.6 Å². The molecule has 0 aromatic heterocycles. The van der Waals surface area contributed by atoms with Crippen molar-refractivity contribution in [3.8, 4) is 0 Å². The molecule has 0 saturated carbocycles. The molecular formula is C18H27FN3O4S. The number of nitrogens with zero attached hydrogens (tertiary/aromatic N) is 1. The second-order valence-electron chi connectivity index (χ2n) is 6.77. The third-order valence-corrected chi connectivity index (χ3v) is 4.70. The number of halogens is 1. The van der Waals surface area contributed by atoms with Gasteiger partial charge in [-0.1, -0.05) is 30.3 Å². The Morgan fingerprint density at radius 1 is 1.33 bits per heavy atom. The first kappa shape index (κ1) is 23.0. The quantitative estimate of drug-likeness (QED) is 0.378. The fourth-order valence-corrected chi connectivity index (χ4v) is 3.03. The van der Waals surface area contributed by atoms with E-state index in [2.05, 4.69) is 4.40 Å². The minimum Gasteiger partial charge on any atom is -0.393 e. The highest BCUT2D eigenvalue weighted by Gasteiger charge is 2.32. The van der Waals surface area contributed by atoms with Crippen molar-refractivity contribution in [2.75, 3.05) is 6.26 Å². The maximum Gasteiger partial charge on any atom is 0.254 e. The van der Waals surface area contributed by atoms with Crippen molar-refractivity contribution in [2.45, 2.75) is 44.4 Å². The molecule has 27 heavy (non-hydrogen) atoms. The first-order chi connectivity index (χ1) is 12.4. The minimum atomic E-state index is -3.74. The summed E-state index contributed by atoms with van der Waals surface area (Å²) in [6.45, 7) is 1.05. The molecule has 3 atom stereocenters. The van der Waals surface area contributed by atoms with Crippen molar-refractivity contribution in [3.63, 3.8) is 0 Å². The molecule has 1 rings (SSSR count). The lowest BCUT2D eigenvalue weighted by Crippen LogP contribution is -2.38. The van der Waals surface area contributed by atoms with Crippen LogP contribution in [0.25, 0.3) is 0 Å². The second-order valence-corrected chi connectivity index (χ2v) is 8.42. The van der Waals surface area contributed by atoms with E-state index in [9.17, 15) is 22.7 Å². The fraction of sp³-hybridized carbons (Fsp3) is 0.500. The molecule has 1 radical (unpaired) electrons. The number of carbonyl (C=O) groups is 1. The normalized spacial score (nSPS) is 17.1. The van der Waals surface area contributed by atoms with Crippen LogP contribution in [0.2, 0.25) is 0 Å². The molecule has 5 N–H and O–H groups in total. The maximum atomic E-state index is 14.1. The van der Waals surface area contributed by atoms with Gasteiger partial charge in [0.15, 0.2) is 5.67 Å². The summed E-state index contributed by atoms with van der Waals surface area (Å²) in [4.78, 5) is 11.1. The van der Waals surface area contributed by atoms with Crippen molar-refractivity contribution < 1.29 is 22.7 Å². The number of carbonyl (C=O) groups excluding carboxylic acids is 1. The standard InChI is InChI=1S/C18H27FN3O4S/c1-18(19,17(21)24)11-10-14(16(20)22-27(2,25)26)12-15(23)9-8-13-6-4-3-5-7-13/h3-7,9,14-15,23H,8,10-12H2,1-2H3,(H2,20,22)(H2,21,24). The van der Waals surface area contributed by atoms with Gasteiger partial charge in [-0.3, -0.25) is 4.79 Å². The average molecular weight is 400 g/mol. The van der Waals surface area contributed by atoms with E-state index in [0.29, 0.717) is 6.42 Å². The van der Waals surface area contributed by atoms with Crippen LogP contribution >= 0.6 is 0 Å². The van der Waals surface area contributed by atoms with E-state index in [-0.39, 0.29) is 25.1 Å². The van der Waals surface area contributed by atoms with Crippen molar-refractivity contribution in [2.24, 2.45) is 21.8 Å². The van der Waals surface area contributed by atoms with Crippen molar-refractivity contribution in [1.82, 2.24) is 0 Å². The van der Waals surface area contributed by atoms with Crippen LogP contribution in [0.4, 0.5) is 4.39 Å². The van der Waals surface area contributed by atoms with Gasteiger partial charge < -0.3 is 16.6 Å². The third-order valence-electron chi connectivity index (χ3n) is 4.16. The SMILES string of the molecule is CC(F)(CCC(CC(O)[CH]Cc1ccccc1)C(N)=NS(C)(=O)=O)C(N)=O. The van der Waals surface area contributed by atoms with E-state index in [1.54, 1.807) is 6.42 Å². The topological polar surface area (TPSA) is 136 Å². The van der Waals surface area contributed by atoms with Crippen LogP contribution in [0.15, 0.2) is 34.7 Å². The molecule has 0 spiro atoms. The van der Waals surface area contributed by atoms with Gasteiger partial charge in [0.2, 0.25) is 0 Å². The van der Waals surface area contributed by atoms with Gasteiger partial charge in [0.05, 0.1) is 12.4 Å². The van der Waals surface area contributed by atoms with Gasteiger partial charge in [0.1, 0.15) is 5.84 Å². The lowest BCUT2D eigenvalue weighted by atomic mass is 9.88. The highest BCUT2D eigenvalue weighted by molar-refractivity contribution is 7.89. The smallest absolute Gasteiger partial charge is 0.254 e. The number of hydrogen-bond donors (Lipinski definition) is 3. The van der Waals surface area contributed by atoms with Crippen LogP contribution in [-0.2, 0) is 21.2 Å². The largest absolute Gasteiger partial charge is 0.393 e. The molecule has 0 aliphatic heterocycles. The number of amidine groups is 1. The lowest BCUT2D eigenvalue weighted by Gasteiger charge is -2.23. The highest BCUT2D eigenvalue weighted by atomic mass is 32.2. The number of sulfonamides is 1. The molecule has 1 aromatic rings. The monoisotopic (exact) mass is 400 g/mol. The fourth-order valence-electron chi connectivity index (χ4n) is 2.49. The number of aliphatic hydroxyl groups is 1. The maximum absolute atomic E-state index is 14.1. The van der Waals surface area contributed by atoms with Crippen LogP contribution in [0.3, 0.4) is 0 Å². The molecule has 1 aromatic carbocycles. The Bertz CT molecular complexity index is 751. The molecule has 151 valence electrons. The number of benzene rings is 1. The first-order valence-corrected chi connectivity index (χ1v) is 10.3. The third kappa shape index (κ3) is 8.96. The zero-order valence-corrected chi connectivity index (χ0v) is 16.3. The lowest BCUT2D eigenvalue weighted by molar-refractivity contribution is -0.128. The summed E-state index contributed by atoms with van der Waals surface area (Å²) in [7, 11) is -3.74. The van der Waals surface area contributed by atoms with Crippen LogP contribution in [0.1, 0.15) is 31.7 Å². The zero-order chi connectivity index (χ0) is 20.7. The summed E-state index contributed by atoms with van der Waals surface area (Å²) in [5.41, 5.74) is 9.53. The summed E-state index contributed by atoms with van der Waals surface area (Å²) in [6, 6.07) is 9.44. The molecule has 0 heterocycles. The highest BCUT2D eigenvalue weighted by Crippen LogP contribution is 2.24. The van der Waals surface area contributed by atoms with Gasteiger partial charge >= 0.3 is 0 Å². The molecule has 0 saturated heterocycles. The molecule has 0 aliphatic rings. The van der Waals surface area contributed by atoms with Gasteiger partial charge in [0, 0.05) is 5.92 Å². The average Bonchev–Trinajstić information content (AvgIpc) is 2.56. The molecule has 0 fully saturated rings. The number of amides is 1. The Labute approximate surface area is 159 Å². The van der Waals surface area contributed by atoms with E-state index in [1.807, 2.05) is 30.3 Å². The van der Waals surface area contributed by atoms with Crippen molar-refractivity contribution >= 4 is 21.8 Å². The molecule has 1 amide bonds.